The molecule has 0 amide bonds. The molecule has 2 aromatic heterocycles. The first-order chi connectivity index (χ1) is 13.7. The summed E-state index contributed by atoms with van der Waals surface area (Å²) in [6.07, 6.45) is 3.69. The number of aromatic nitrogens is 2. The number of hydrogen-bond acceptors (Lipinski definition) is 7. The Hall–Kier alpha value is -3.24. The first-order valence-electron chi connectivity index (χ1n) is 8.49. The number of nitrogens with zero attached hydrogens (tertiary/aromatic N) is 2. The first kappa shape index (κ1) is 20.5. The van der Waals surface area contributed by atoms with E-state index in [9.17, 15) is 23.1 Å². The Morgan fingerprint density at radius 2 is 1.90 bits per heavy atom. The second kappa shape index (κ2) is 7.64. The van der Waals surface area contributed by atoms with Gasteiger partial charge in [-0.25, -0.2) is 17.4 Å². The second-order valence-corrected chi connectivity index (χ2v) is 8.29. The van der Waals surface area contributed by atoms with E-state index in [0.717, 1.165) is 10.2 Å². The van der Waals surface area contributed by atoms with Crippen molar-refractivity contribution in [2.75, 3.05) is 13.4 Å². The molecule has 3 N–H and O–H groups in total. The molecule has 0 bridgehead atoms. The third-order valence-electron chi connectivity index (χ3n) is 4.56. The molecule has 3 rings (SSSR count). The third-order valence-corrected chi connectivity index (χ3v) is 5.58. The maximum atomic E-state index is 13.0. The Morgan fingerprint density at radius 3 is 2.52 bits per heavy atom. The van der Waals surface area contributed by atoms with Crippen LogP contribution in [0.25, 0.3) is 10.9 Å². The van der Waals surface area contributed by atoms with Crippen LogP contribution >= 0.6 is 0 Å². The molecule has 2 heterocycles. The van der Waals surface area contributed by atoms with E-state index in [2.05, 4.69) is 4.98 Å². The zero-order valence-corrected chi connectivity index (χ0v) is 16.5. The van der Waals surface area contributed by atoms with Crippen molar-refractivity contribution in [3.63, 3.8) is 0 Å². The van der Waals surface area contributed by atoms with Crippen LogP contribution < -0.4 is 10.5 Å². The third kappa shape index (κ3) is 3.71. The summed E-state index contributed by atoms with van der Waals surface area (Å²) < 4.78 is 30.4. The summed E-state index contributed by atoms with van der Waals surface area (Å²) in [7, 11) is -2.36. The Balaban J connectivity index is 2.15. The molecule has 29 heavy (non-hydrogen) atoms. The standard InChI is InChI=1S/C19H19N3O6S/c1-28-18-12(7-5-9-21-18)17(23)15(19(24)25)16(20)13-10-22(29(2,26)27)14-8-4-3-6-11(13)14/h3-10,15-16H,20H2,1-2H3,(H,24,25). The van der Waals surface area contributed by atoms with Gasteiger partial charge >= 0.3 is 5.97 Å². The molecule has 0 fully saturated rings. The lowest BCUT2D eigenvalue weighted by molar-refractivity contribution is -0.140. The summed E-state index contributed by atoms with van der Waals surface area (Å²) in [5, 5.41) is 10.2. The molecule has 9 nitrogen and oxygen atoms in total. The number of fused-ring (bicyclic) bond motifs is 1. The quantitative estimate of drug-likeness (QED) is 0.434. The number of carboxylic acids is 1. The zero-order chi connectivity index (χ0) is 21.3. The van der Waals surface area contributed by atoms with E-state index >= 15 is 0 Å². The van der Waals surface area contributed by atoms with Crippen LogP contribution in [0.2, 0.25) is 0 Å². The monoisotopic (exact) mass is 417 g/mol. The number of carbonyl (C=O) groups excluding carboxylic acids is 1. The lowest BCUT2D eigenvalue weighted by Crippen LogP contribution is -2.35. The zero-order valence-electron chi connectivity index (χ0n) is 15.6. The van der Waals surface area contributed by atoms with E-state index in [1.807, 2.05) is 0 Å². The van der Waals surface area contributed by atoms with Crippen LogP contribution in [-0.2, 0) is 14.8 Å². The van der Waals surface area contributed by atoms with Crippen LogP contribution in [0.15, 0.2) is 48.8 Å². The second-order valence-electron chi connectivity index (χ2n) is 6.43. The molecule has 0 aliphatic carbocycles. The topological polar surface area (TPSA) is 142 Å². The van der Waals surface area contributed by atoms with E-state index in [4.69, 9.17) is 10.5 Å². The maximum absolute atomic E-state index is 13.0. The molecule has 0 saturated heterocycles. The Morgan fingerprint density at radius 1 is 1.21 bits per heavy atom. The summed E-state index contributed by atoms with van der Waals surface area (Å²) in [5.41, 5.74) is 6.77. The minimum atomic E-state index is -3.67. The number of Topliss-reactive ketones (excluding diaryl/α,β-unsaturated/α-hetero) is 1. The molecule has 2 unspecified atom stereocenters. The summed E-state index contributed by atoms with van der Waals surface area (Å²) >= 11 is 0. The summed E-state index contributed by atoms with van der Waals surface area (Å²) in [6, 6.07) is 8.10. The molecule has 1 aromatic carbocycles. The number of ketones is 1. The highest BCUT2D eigenvalue weighted by Crippen LogP contribution is 2.33. The van der Waals surface area contributed by atoms with Gasteiger partial charge in [0.25, 0.3) is 0 Å². The fraction of sp³-hybridized carbons (Fsp3) is 0.211. The molecule has 0 saturated carbocycles. The average Bonchev–Trinajstić information content (AvgIpc) is 3.07. The highest BCUT2D eigenvalue weighted by molar-refractivity contribution is 7.89. The van der Waals surface area contributed by atoms with Crippen molar-refractivity contribution in [3.05, 3.63) is 59.9 Å². The number of pyridine rings is 1. The molecule has 152 valence electrons. The lowest BCUT2D eigenvalue weighted by Gasteiger charge is -2.19. The number of aliphatic carboxylic acids is 1. The van der Waals surface area contributed by atoms with Gasteiger partial charge in [-0.3, -0.25) is 9.59 Å². The van der Waals surface area contributed by atoms with Crippen molar-refractivity contribution >= 4 is 32.7 Å². The molecule has 3 aromatic rings. The minimum absolute atomic E-state index is 0.0190. The minimum Gasteiger partial charge on any atom is -0.481 e. The van der Waals surface area contributed by atoms with E-state index < -0.39 is 33.7 Å². The van der Waals surface area contributed by atoms with Crippen LogP contribution in [0.4, 0.5) is 0 Å². The van der Waals surface area contributed by atoms with Crippen molar-refractivity contribution in [1.82, 2.24) is 8.96 Å². The summed E-state index contributed by atoms with van der Waals surface area (Å²) in [4.78, 5) is 28.9. The van der Waals surface area contributed by atoms with E-state index in [1.54, 1.807) is 24.3 Å². The highest BCUT2D eigenvalue weighted by atomic mass is 32.2. The van der Waals surface area contributed by atoms with Crippen molar-refractivity contribution < 1.29 is 27.9 Å². The van der Waals surface area contributed by atoms with E-state index in [0.29, 0.717) is 10.9 Å². The number of nitrogens with two attached hydrogens (primary N) is 1. The van der Waals surface area contributed by atoms with Gasteiger partial charge in [-0.1, -0.05) is 18.2 Å². The lowest BCUT2D eigenvalue weighted by atomic mass is 9.87. The van der Waals surface area contributed by atoms with Gasteiger partial charge in [0.05, 0.1) is 30.5 Å². The normalized spacial score (nSPS) is 13.8. The van der Waals surface area contributed by atoms with Gasteiger partial charge in [-0.05, 0) is 23.8 Å². The Labute approximate surface area is 166 Å². The molecule has 0 aliphatic heterocycles. The Kier molecular flexibility index (Phi) is 5.40. The predicted octanol–water partition coefficient (Wildman–Crippen LogP) is 1.44. The van der Waals surface area contributed by atoms with Gasteiger partial charge in [-0.2, -0.15) is 0 Å². The van der Waals surface area contributed by atoms with Gasteiger partial charge in [-0.15, -0.1) is 0 Å². The molecule has 0 radical (unpaired) electrons. The molecule has 0 spiro atoms. The van der Waals surface area contributed by atoms with Crippen molar-refractivity contribution in [2.24, 2.45) is 11.7 Å². The predicted molar refractivity (Wildman–Crippen MR) is 105 cm³/mol. The summed E-state index contributed by atoms with van der Waals surface area (Å²) in [5.74, 6) is -3.92. The van der Waals surface area contributed by atoms with Crippen molar-refractivity contribution in [1.29, 1.82) is 0 Å². The van der Waals surface area contributed by atoms with Crippen molar-refractivity contribution in [2.45, 2.75) is 6.04 Å². The number of para-hydroxylation sites is 1. The van der Waals surface area contributed by atoms with Crippen LogP contribution in [0.1, 0.15) is 22.0 Å². The van der Waals surface area contributed by atoms with Gasteiger partial charge in [0.2, 0.25) is 15.9 Å². The first-order valence-corrected chi connectivity index (χ1v) is 10.3. The number of methoxy groups -OCH3 is 1. The van der Waals surface area contributed by atoms with E-state index in [1.165, 1.54) is 31.6 Å². The van der Waals surface area contributed by atoms with E-state index in [-0.39, 0.29) is 17.0 Å². The van der Waals surface area contributed by atoms with Crippen LogP contribution in [0.3, 0.4) is 0 Å². The number of benzene rings is 1. The van der Waals surface area contributed by atoms with Crippen LogP contribution in [0.5, 0.6) is 5.88 Å². The molecular weight excluding hydrogens is 398 g/mol. The molecule has 2 atom stereocenters. The van der Waals surface area contributed by atoms with Gasteiger partial charge < -0.3 is 15.6 Å². The SMILES string of the molecule is COc1ncccc1C(=O)C(C(=O)O)C(N)c1cn(S(C)(=O)=O)c2ccccc12. The van der Waals surface area contributed by atoms with Crippen LogP contribution in [0, 0.1) is 5.92 Å². The number of rotatable bonds is 7. The fourth-order valence-electron chi connectivity index (χ4n) is 3.23. The molecule has 10 heteroatoms. The average molecular weight is 417 g/mol. The van der Waals surface area contributed by atoms with Gasteiger partial charge in [0.15, 0.2) is 5.78 Å². The summed E-state index contributed by atoms with van der Waals surface area (Å²) in [6.45, 7) is 0. The number of carbonyl (C=O) groups is 2. The van der Waals surface area contributed by atoms with Crippen LogP contribution in [-0.4, -0.2) is 47.6 Å². The number of hydrogen-bond donors (Lipinski definition) is 2. The Bertz CT molecular complexity index is 1200. The maximum Gasteiger partial charge on any atom is 0.316 e. The smallest absolute Gasteiger partial charge is 0.316 e. The highest BCUT2D eigenvalue weighted by Gasteiger charge is 2.37. The van der Waals surface area contributed by atoms with Crippen molar-refractivity contribution in [3.8, 4) is 5.88 Å². The molecule has 0 aliphatic rings. The van der Waals surface area contributed by atoms with Gasteiger partial charge in [0.1, 0.15) is 5.92 Å². The fourth-order valence-corrected chi connectivity index (χ4v) is 4.05. The molecular formula is C19H19N3O6S. The van der Waals surface area contributed by atoms with Gasteiger partial charge in [0, 0.05) is 17.8 Å². The number of carboxylic acid groups (broad SMARTS) is 1. The largest absolute Gasteiger partial charge is 0.481 e. The number of ether oxygens (including phenoxy) is 1.